The number of rotatable bonds is 5. The maximum Gasteiger partial charge on any atom is 0.227 e. The average Bonchev–Trinajstić information content (AvgIpc) is 3.07. The molecule has 2 aromatic rings. The third-order valence-corrected chi connectivity index (χ3v) is 4.92. The van der Waals surface area contributed by atoms with Crippen molar-refractivity contribution < 1.29 is 14.3 Å². The van der Waals surface area contributed by atoms with Gasteiger partial charge in [-0.2, -0.15) is 0 Å². The lowest BCUT2D eigenvalue weighted by molar-refractivity contribution is -0.126. The number of nitrogens with zero attached hydrogens (tertiary/aromatic N) is 1. The van der Waals surface area contributed by atoms with E-state index in [-0.39, 0.29) is 37.3 Å². The fourth-order valence-corrected chi connectivity index (χ4v) is 3.30. The molecule has 0 aliphatic carbocycles. The van der Waals surface area contributed by atoms with Crippen LogP contribution in [0, 0.1) is 24.7 Å². The second-order valence-electron chi connectivity index (χ2n) is 6.56. The number of hydrogen-bond donors (Lipinski definition) is 1. The van der Waals surface area contributed by atoms with Crippen LogP contribution in [0.25, 0.3) is 0 Å². The molecular formula is C22H21BrN2O3. The number of ether oxygens (including phenoxy) is 1. The van der Waals surface area contributed by atoms with Gasteiger partial charge in [-0.1, -0.05) is 51.5 Å². The minimum Gasteiger partial charge on any atom is -0.481 e. The first-order valence-corrected chi connectivity index (χ1v) is 9.81. The summed E-state index contributed by atoms with van der Waals surface area (Å²) >= 11 is 3.38. The number of halogens is 1. The van der Waals surface area contributed by atoms with E-state index in [2.05, 4.69) is 33.1 Å². The Balaban J connectivity index is 1.43. The van der Waals surface area contributed by atoms with Crippen LogP contribution in [-0.4, -0.2) is 31.5 Å². The fraction of sp³-hybridized carbons (Fsp3) is 0.273. The summed E-state index contributed by atoms with van der Waals surface area (Å²) in [6, 6.07) is 15.3. The van der Waals surface area contributed by atoms with E-state index in [9.17, 15) is 9.59 Å². The van der Waals surface area contributed by atoms with Crippen LogP contribution in [0.2, 0.25) is 0 Å². The normalized spacial score (nSPS) is 15.7. The highest BCUT2D eigenvalue weighted by Crippen LogP contribution is 2.25. The maximum atomic E-state index is 12.3. The highest BCUT2D eigenvalue weighted by atomic mass is 79.9. The number of nitrogens with one attached hydrogen (secondary N) is 1. The molecule has 1 heterocycles. The predicted octanol–water partition coefficient (Wildman–Crippen LogP) is 3.31. The van der Waals surface area contributed by atoms with E-state index in [1.54, 1.807) is 4.90 Å². The molecular weight excluding hydrogens is 420 g/mol. The monoisotopic (exact) mass is 440 g/mol. The first kappa shape index (κ1) is 20.0. The standard InChI is InChI=1S/C22H21BrN2O3/c1-16-7-9-19(10-8-16)25-15-17(13-21(25)26)22(27)24-11-2-3-12-28-20-6-4-5-18(23)14-20/h4-10,14,17H,11-13,15H2,1H3,(H,24,27). The van der Waals surface area contributed by atoms with Gasteiger partial charge in [-0.15, -0.1) is 0 Å². The van der Waals surface area contributed by atoms with Crippen molar-refractivity contribution in [3.63, 3.8) is 0 Å². The number of hydrogen-bond acceptors (Lipinski definition) is 3. The molecule has 2 amide bonds. The second-order valence-corrected chi connectivity index (χ2v) is 7.47. The Bertz CT molecular complexity index is 915. The van der Waals surface area contributed by atoms with Gasteiger partial charge in [-0.3, -0.25) is 9.59 Å². The van der Waals surface area contributed by atoms with Crippen LogP contribution in [0.5, 0.6) is 5.75 Å². The van der Waals surface area contributed by atoms with Gasteiger partial charge < -0.3 is 15.0 Å². The van der Waals surface area contributed by atoms with Crippen LogP contribution < -0.4 is 15.0 Å². The van der Waals surface area contributed by atoms with Gasteiger partial charge in [0.05, 0.1) is 12.5 Å². The zero-order valence-corrected chi connectivity index (χ0v) is 17.2. The van der Waals surface area contributed by atoms with Crippen molar-refractivity contribution in [3.8, 4) is 17.6 Å². The molecule has 0 radical (unpaired) electrons. The third kappa shape index (κ3) is 5.37. The Morgan fingerprint density at radius 1 is 1.25 bits per heavy atom. The third-order valence-electron chi connectivity index (χ3n) is 4.42. The topological polar surface area (TPSA) is 58.6 Å². The largest absolute Gasteiger partial charge is 0.481 e. The predicted molar refractivity (Wildman–Crippen MR) is 112 cm³/mol. The van der Waals surface area contributed by atoms with Gasteiger partial charge in [-0.25, -0.2) is 0 Å². The molecule has 6 heteroatoms. The van der Waals surface area contributed by atoms with E-state index in [0.717, 1.165) is 21.5 Å². The Kier molecular flexibility index (Phi) is 6.72. The molecule has 0 saturated carbocycles. The summed E-state index contributed by atoms with van der Waals surface area (Å²) in [4.78, 5) is 26.2. The number of carbonyl (C=O) groups is 2. The van der Waals surface area contributed by atoms with Crippen molar-refractivity contribution >= 4 is 33.4 Å². The van der Waals surface area contributed by atoms with Crippen molar-refractivity contribution in [3.05, 3.63) is 58.6 Å². The molecule has 1 atom stereocenters. The maximum absolute atomic E-state index is 12.3. The minimum absolute atomic E-state index is 0.0301. The Labute approximate surface area is 173 Å². The molecule has 1 fully saturated rings. The van der Waals surface area contributed by atoms with Crippen molar-refractivity contribution in [2.45, 2.75) is 13.3 Å². The van der Waals surface area contributed by atoms with Crippen molar-refractivity contribution in [1.29, 1.82) is 0 Å². The van der Waals surface area contributed by atoms with Gasteiger partial charge in [0.15, 0.2) is 0 Å². The van der Waals surface area contributed by atoms with Gasteiger partial charge in [0, 0.05) is 23.1 Å². The highest BCUT2D eigenvalue weighted by molar-refractivity contribution is 9.10. The zero-order valence-electron chi connectivity index (χ0n) is 15.6. The summed E-state index contributed by atoms with van der Waals surface area (Å²) in [5, 5.41) is 2.78. The van der Waals surface area contributed by atoms with Gasteiger partial charge in [0.25, 0.3) is 0 Å². The number of aryl methyl sites for hydroxylation is 1. The lowest BCUT2D eigenvalue weighted by Gasteiger charge is -2.16. The Morgan fingerprint density at radius 2 is 2.04 bits per heavy atom. The number of benzene rings is 2. The molecule has 1 aliphatic rings. The van der Waals surface area contributed by atoms with Crippen LogP contribution in [-0.2, 0) is 9.59 Å². The summed E-state index contributed by atoms with van der Waals surface area (Å²) in [6.45, 7) is 2.87. The SMILES string of the molecule is Cc1ccc(N2CC(C(=O)NCC#CCOc3cccc(Br)c3)CC2=O)cc1. The average molecular weight is 441 g/mol. The first-order valence-electron chi connectivity index (χ1n) is 9.02. The molecule has 3 rings (SSSR count). The van der Waals surface area contributed by atoms with Crippen molar-refractivity contribution in [2.75, 3.05) is 24.6 Å². The first-order chi connectivity index (χ1) is 13.5. The molecule has 2 aromatic carbocycles. The van der Waals surface area contributed by atoms with Crippen LogP contribution >= 0.6 is 15.9 Å². The van der Waals surface area contributed by atoms with Crippen molar-refractivity contribution in [1.82, 2.24) is 5.32 Å². The van der Waals surface area contributed by atoms with E-state index in [0.29, 0.717) is 6.54 Å². The Morgan fingerprint density at radius 3 is 2.79 bits per heavy atom. The smallest absolute Gasteiger partial charge is 0.227 e. The molecule has 1 saturated heterocycles. The number of anilines is 1. The van der Waals surface area contributed by atoms with E-state index in [1.807, 2.05) is 55.5 Å². The van der Waals surface area contributed by atoms with E-state index >= 15 is 0 Å². The summed E-state index contributed by atoms with van der Waals surface area (Å²) < 4.78 is 6.45. The van der Waals surface area contributed by atoms with E-state index in [1.165, 1.54) is 0 Å². The molecule has 0 bridgehead atoms. The van der Waals surface area contributed by atoms with Crippen LogP contribution in [0.15, 0.2) is 53.0 Å². The summed E-state index contributed by atoms with van der Waals surface area (Å²) in [7, 11) is 0. The summed E-state index contributed by atoms with van der Waals surface area (Å²) in [5.74, 6) is 5.93. The van der Waals surface area contributed by atoms with Crippen LogP contribution in [0.4, 0.5) is 5.69 Å². The minimum atomic E-state index is -0.353. The van der Waals surface area contributed by atoms with Crippen LogP contribution in [0.1, 0.15) is 12.0 Å². The number of amides is 2. The van der Waals surface area contributed by atoms with E-state index < -0.39 is 0 Å². The van der Waals surface area contributed by atoms with Crippen molar-refractivity contribution in [2.24, 2.45) is 5.92 Å². The van der Waals surface area contributed by atoms with Gasteiger partial charge in [0.2, 0.25) is 11.8 Å². The van der Waals surface area contributed by atoms with E-state index in [4.69, 9.17) is 4.74 Å². The Hall–Kier alpha value is -2.78. The van der Waals surface area contributed by atoms with Gasteiger partial charge in [-0.05, 0) is 37.3 Å². The van der Waals surface area contributed by atoms with Gasteiger partial charge in [0.1, 0.15) is 12.4 Å². The molecule has 144 valence electrons. The highest BCUT2D eigenvalue weighted by Gasteiger charge is 2.34. The van der Waals surface area contributed by atoms with Gasteiger partial charge >= 0.3 is 0 Å². The zero-order chi connectivity index (χ0) is 19.9. The molecule has 1 aliphatic heterocycles. The molecule has 0 spiro atoms. The molecule has 1 N–H and O–H groups in total. The molecule has 28 heavy (non-hydrogen) atoms. The molecule has 5 nitrogen and oxygen atoms in total. The lowest BCUT2D eigenvalue weighted by atomic mass is 10.1. The quantitative estimate of drug-likeness (QED) is 0.725. The molecule has 1 unspecified atom stereocenters. The summed E-state index contributed by atoms with van der Waals surface area (Å²) in [5.41, 5.74) is 1.96. The van der Waals surface area contributed by atoms with Crippen LogP contribution in [0.3, 0.4) is 0 Å². The summed E-state index contributed by atoms with van der Waals surface area (Å²) in [6.07, 6.45) is 0.221. The lowest BCUT2D eigenvalue weighted by Crippen LogP contribution is -2.33. The second kappa shape index (κ2) is 9.43. The number of carbonyl (C=O) groups excluding carboxylic acids is 2. The fourth-order valence-electron chi connectivity index (χ4n) is 2.92. The molecule has 0 aromatic heterocycles.